The van der Waals surface area contributed by atoms with Crippen molar-refractivity contribution in [2.75, 3.05) is 6.61 Å². The van der Waals surface area contributed by atoms with Crippen molar-refractivity contribution in [3.8, 4) is 11.4 Å². The molecule has 0 unspecified atom stereocenters. The summed E-state index contributed by atoms with van der Waals surface area (Å²) in [5.41, 5.74) is -0.0808. The lowest BCUT2D eigenvalue weighted by Gasteiger charge is -2.10. The predicted octanol–water partition coefficient (Wildman–Crippen LogP) is 4.96. The second kappa shape index (κ2) is 6.51. The number of carbonyl (C=O) groups excluding carboxylic acids is 1. The molecule has 0 aliphatic heterocycles. The highest BCUT2D eigenvalue weighted by Crippen LogP contribution is 2.35. The van der Waals surface area contributed by atoms with E-state index in [0.717, 1.165) is 12.3 Å². The highest BCUT2D eigenvalue weighted by atomic mass is 79.9. The Kier molecular flexibility index (Phi) is 4.55. The monoisotopic (exact) mass is 412 g/mol. The molecule has 8 heteroatoms. The van der Waals surface area contributed by atoms with Gasteiger partial charge in [0.1, 0.15) is 5.82 Å². The molecule has 2 aromatic heterocycles. The fourth-order valence-electron chi connectivity index (χ4n) is 2.46. The molecule has 3 rings (SSSR count). The van der Waals surface area contributed by atoms with Gasteiger partial charge in [-0.15, -0.1) is 0 Å². The Morgan fingerprint density at radius 1 is 1.28 bits per heavy atom. The summed E-state index contributed by atoms with van der Waals surface area (Å²) in [6, 6.07) is 9.60. The number of carbonyl (C=O) groups is 1. The van der Waals surface area contributed by atoms with Crippen LogP contribution in [0.2, 0.25) is 0 Å². The third kappa shape index (κ3) is 3.26. The van der Waals surface area contributed by atoms with Crippen LogP contribution < -0.4 is 0 Å². The molecule has 1 aromatic carbocycles. The molecule has 2 heterocycles. The molecule has 3 aromatic rings. The third-order valence-electron chi connectivity index (χ3n) is 3.52. The molecule has 25 heavy (non-hydrogen) atoms. The number of rotatable bonds is 3. The number of esters is 1. The Hall–Kier alpha value is -2.35. The number of imidazole rings is 1. The summed E-state index contributed by atoms with van der Waals surface area (Å²) in [7, 11) is 0. The van der Waals surface area contributed by atoms with Crippen LogP contribution in [0.4, 0.5) is 13.2 Å². The molecule has 0 saturated heterocycles. The van der Waals surface area contributed by atoms with Crippen molar-refractivity contribution in [1.29, 1.82) is 0 Å². The van der Waals surface area contributed by atoms with Gasteiger partial charge >= 0.3 is 12.1 Å². The first-order chi connectivity index (χ1) is 11.8. The molecule has 0 aliphatic rings. The topological polar surface area (TPSA) is 43.6 Å². The first-order valence-electron chi connectivity index (χ1n) is 7.34. The van der Waals surface area contributed by atoms with E-state index in [1.165, 1.54) is 4.40 Å². The number of alkyl halides is 3. The van der Waals surface area contributed by atoms with Gasteiger partial charge in [0, 0.05) is 16.2 Å². The minimum atomic E-state index is -4.53. The first kappa shape index (κ1) is 17.5. The quantitative estimate of drug-likeness (QED) is 0.571. The Bertz CT molecular complexity index is 936. The number of pyridine rings is 1. The second-order valence-corrected chi connectivity index (χ2v) is 6.02. The minimum Gasteiger partial charge on any atom is -0.461 e. The Morgan fingerprint density at radius 3 is 2.56 bits per heavy atom. The average molecular weight is 413 g/mol. The van der Waals surface area contributed by atoms with Crippen LogP contribution in [0.3, 0.4) is 0 Å². The number of ether oxygens (including phenoxy) is 1. The zero-order valence-corrected chi connectivity index (χ0v) is 14.6. The standard InChI is InChI=1S/C17H12BrF3N2O2/c1-2-25-16(24)13-14-12(18)8-11(17(19,20)21)9-23(14)15(22-13)10-6-4-3-5-7-10/h3-9H,2H2,1H3. The Morgan fingerprint density at radius 2 is 1.96 bits per heavy atom. The van der Waals surface area contributed by atoms with Crippen LogP contribution in [-0.2, 0) is 10.9 Å². The van der Waals surface area contributed by atoms with E-state index >= 15 is 0 Å². The van der Waals surface area contributed by atoms with Crippen molar-refractivity contribution >= 4 is 27.4 Å². The summed E-state index contributed by atoms with van der Waals surface area (Å²) in [4.78, 5) is 16.4. The van der Waals surface area contributed by atoms with Crippen molar-refractivity contribution in [3.63, 3.8) is 0 Å². The first-order valence-corrected chi connectivity index (χ1v) is 8.13. The van der Waals surface area contributed by atoms with Crippen LogP contribution in [0.5, 0.6) is 0 Å². The number of nitrogens with zero attached hydrogens (tertiary/aromatic N) is 2. The largest absolute Gasteiger partial charge is 0.461 e. The van der Waals surface area contributed by atoms with Gasteiger partial charge in [-0.2, -0.15) is 13.2 Å². The highest BCUT2D eigenvalue weighted by Gasteiger charge is 2.33. The molecular weight excluding hydrogens is 401 g/mol. The van der Waals surface area contributed by atoms with E-state index in [0.29, 0.717) is 5.56 Å². The zero-order chi connectivity index (χ0) is 18.2. The van der Waals surface area contributed by atoms with E-state index in [1.54, 1.807) is 37.3 Å². The van der Waals surface area contributed by atoms with Crippen molar-refractivity contribution in [2.24, 2.45) is 0 Å². The van der Waals surface area contributed by atoms with Gasteiger partial charge in [-0.25, -0.2) is 9.78 Å². The van der Waals surface area contributed by atoms with Crippen LogP contribution in [0.25, 0.3) is 16.9 Å². The maximum Gasteiger partial charge on any atom is 0.417 e. The van der Waals surface area contributed by atoms with Gasteiger partial charge in [-0.3, -0.25) is 4.40 Å². The van der Waals surface area contributed by atoms with Crippen LogP contribution in [0.15, 0.2) is 47.1 Å². The average Bonchev–Trinajstić information content (AvgIpc) is 2.95. The van der Waals surface area contributed by atoms with Crippen LogP contribution in [-0.4, -0.2) is 22.0 Å². The van der Waals surface area contributed by atoms with Gasteiger partial charge in [0.05, 0.1) is 17.7 Å². The fourth-order valence-corrected chi connectivity index (χ4v) is 3.08. The van der Waals surface area contributed by atoms with E-state index in [1.807, 2.05) is 0 Å². The molecule has 0 bridgehead atoms. The summed E-state index contributed by atoms with van der Waals surface area (Å²) in [6.45, 7) is 1.78. The smallest absolute Gasteiger partial charge is 0.417 e. The normalized spacial score (nSPS) is 11.7. The molecule has 0 aliphatic carbocycles. The number of fused-ring (bicyclic) bond motifs is 1. The van der Waals surface area contributed by atoms with E-state index in [4.69, 9.17) is 4.74 Å². The van der Waals surface area contributed by atoms with Crippen molar-refractivity contribution in [3.05, 3.63) is 58.3 Å². The van der Waals surface area contributed by atoms with Gasteiger partial charge in [0.25, 0.3) is 0 Å². The number of hydrogen-bond acceptors (Lipinski definition) is 3. The van der Waals surface area contributed by atoms with Crippen LogP contribution >= 0.6 is 15.9 Å². The van der Waals surface area contributed by atoms with Gasteiger partial charge in [0.2, 0.25) is 0 Å². The van der Waals surface area contributed by atoms with Gasteiger partial charge in [0.15, 0.2) is 5.69 Å². The van der Waals surface area contributed by atoms with Crippen molar-refractivity contribution in [2.45, 2.75) is 13.1 Å². The minimum absolute atomic E-state index is 0.0405. The number of benzene rings is 1. The molecule has 0 spiro atoms. The lowest BCUT2D eigenvalue weighted by molar-refractivity contribution is -0.137. The number of halogens is 4. The summed E-state index contributed by atoms with van der Waals surface area (Å²) < 4.78 is 45.9. The Balaban J connectivity index is 2.34. The molecule has 130 valence electrons. The summed E-state index contributed by atoms with van der Waals surface area (Å²) in [5, 5.41) is 0. The van der Waals surface area contributed by atoms with E-state index in [-0.39, 0.29) is 28.1 Å². The second-order valence-electron chi connectivity index (χ2n) is 5.16. The molecule has 0 N–H and O–H groups in total. The predicted molar refractivity (Wildman–Crippen MR) is 89.3 cm³/mol. The summed E-state index contributed by atoms with van der Waals surface area (Å²) in [5.74, 6) is -0.465. The maximum absolute atomic E-state index is 13.2. The molecule has 0 saturated carbocycles. The molecule has 0 radical (unpaired) electrons. The lowest BCUT2D eigenvalue weighted by atomic mass is 10.2. The number of aromatic nitrogens is 2. The van der Waals surface area contributed by atoms with E-state index in [9.17, 15) is 18.0 Å². The van der Waals surface area contributed by atoms with Gasteiger partial charge in [-0.1, -0.05) is 30.3 Å². The van der Waals surface area contributed by atoms with Crippen molar-refractivity contribution < 1.29 is 22.7 Å². The maximum atomic E-state index is 13.2. The number of hydrogen-bond donors (Lipinski definition) is 0. The zero-order valence-electron chi connectivity index (χ0n) is 13.0. The SMILES string of the molecule is CCOC(=O)c1nc(-c2ccccc2)n2cc(C(F)(F)F)cc(Br)c12. The van der Waals surface area contributed by atoms with Crippen LogP contribution in [0, 0.1) is 0 Å². The van der Waals surface area contributed by atoms with E-state index < -0.39 is 17.7 Å². The van der Waals surface area contributed by atoms with Gasteiger partial charge in [-0.05, 0) is 28.9 Å². The van der Waals surface area contributed by atoms with E-state index in [2.05, 4.69) is 20.9 Å². The van der Waals surface area contributed by atoms with Gasteiger partial charge < -0.3 is 4.74 Å². The summed E-state index contributed by atoms with van der Waals surface area (Å²) in [6.07, 6.45) is -3.60. The van der Waals surface area contributed by atoms with Crippen molar-refractivity contribution in [1.82, 2.24) is 9.38 Å². The lowest BCUT2D eigenvalue weighted by Crippen LogP contribution is -2.08. The molecule has 0 amide bonds. The Labute approximate surface area is 149 Å². The molecule has 4 nitrogen and oxygen atoms in total. The van der Waals surface area contributed by atoms with Crippen LogP contribution in [0.1, 0.15) is 23.0 Å². The molecular formula is C17H12BrF3N2O2. The highest BCUT2D eigenvalue weighted by molar-refractivity contribution is 9.10. The molecule has 0 atom stereocenters. The summed E-state index contributed by atoms with van der Waals surface area (Å²) >= 11 is 3.13. The molecule has 0 fully saturated rings. The third-order valence-corrected chi connectivity index (χ3v) is 4.12. The fraction of sp³-hybridized carbons (Fsp3) is 0.176.